The molecule has 0 bridgehead atoms. The van der Waals surface area contributed by atoms with Gasteiger partial charge in [0, 0.05) is 34.3 Å². The molecule has 2 heteroatoms. The third-order valence-electron chi connectivity index (χ3n) is 6.69. The number of hydrogen-bond acceptors (Lipinski definition) is 2. The number of fused-ring (bicyclic) bond motifs is 5. The quantitative estimate of drug-likeness (QED) is 0.202. The van der Waals surface area contributed by atoms with E-state index in [9.17, 15) is 0 Å². The van der Waals surface area contributed by atoms with E-state index in [4.69, 9.17) is 9.97 Å². The highest BCUT2D eigenvalue weighted by molar-refractivity contribution is 6.28. The molecular formula is C32H20N2. The molecule has 0 aliphatic rings. The molecule has 0 saturated heterocycles. The van der Waals surface area contributed by atoms with Crippen LogP contribution >= 0.6 is 0 Å². The van der Waals surface area contributed by atoms with Gasteiger partial charge in [0.15, 0.2) is 0 Å². The normalized spacial score (nSPS) is 11.5. The van der Waals surface area contributed by atoms with Crippen LogP contribution in [0.3, 0.4) is 0 Å². The Morgan fingerprint density at radius 1 is 0.382 bits per heavy atom. The predicted molar refractivity (Wildman–Crippen MR) is 143 cm³/mol. The Hall–Kier alpha value is -4.56. The van der Waals surface area contributed by atoms with E-state index in [2.05, 4.69) is 97.1 Å². The van der Waals surface area contributed by atoms with E-state index in [-0.39, 0.29) is 0 Å². The van der Waals surface area contributed by atoms with Crippen LogP contribution in [0.2, 0.25) is 0 Å². The Labute approximate surface area is 197 Å². The molecule has 7 rings (SSSR count). The van der Waals surface area contributed by atoms with Gasteiger partial charge >= 0.3 is 0 Å². The van der Waals surface area contributed by atoms with Crippen LogP contribution in [0.5, 0.6) is 0 Å². The minimum Gasteiger partial charge on any atom is -0.256 e. The first-order valence-electron chi connectivity index (χ1n) is 11.5. The van der Waals surface area contributed by atoms with Gasteiger partial charge in [0.1, 0.15) is 0 Å². The highest BCUT2D eigenvalue weighted by atomic mass is 14.7. The highest BCUT2D eigenvalue weighted by Crippen LogP contribution is 2.44. The zero-order chi connectivity index (χ0) is 22.5. The van der Waals surface area contributed by atoms with Gasteiger partial charge in [-0.3, -0.25) is 9.97 Å². The summed E-state index contributed by atoms with van der Waals surface area (Å²) in [4.78, 5) is 9.61. The molecule has 0 radical (unpaired) electrons. The van der Waals surface area contributed by atoms with Crippen LogP contribution in [0.25, 0.3) is 65.6 Å². The molecule has 34 heavy (non-hydrogen) atoms. The molecule has 5 aromatic carbocycles. The second-order valence-corrected chi connectivity index (χ2v) is 8.64. The van der Waals surface area contributed by atoms with Crippen molar-refractivity contribution in [3.8, 4) is 22.5 Å². The van der Waals surface area contributed by atoms with Crippen LogP contribution in [-0.4, -0.2) is 9.97 Å². The molecule has 0 atom stereocenters. The van der Waals surface area contributed by atoms with Gasteiger partial charge < -0.3 is 0 Å². The van der Waals surface area contributed by atoms with Crippen molar-refractivity contribution in [1.29, 1.82) is 0 Å². The number of hydrogen-bond donors (Lipinski definition) is 0. The lowest BCUT2D eigenvalue weighted by molar-refractivity contribution is 1.34. The second-order valence-electron chi connectivity index (χ2n) is 8.64. The monoisotopic (exact) mass is 432 g/mol. The van der Waals surface area contributed by atoms with Gasteiger partial charge in [-0.1, -0.05) is 72.8 Å². The summed E-state index contributed by atoms with van der Waals surface area (Å²) in [6.07, 6.45) is 3.76. The van der Waals surface area contributed by atoms with E-state index in [1.807, 2.05) is 24.5 Å². The van der Waals surface area contributed by atoms with Crippen LogP contribution in [0, 0.1) is 0 Å². The average Bonchev–Trinajstić information content (AvgIpc) is 2.91. The molecule has 158 valence electrons. The lowest BCUT2D eigenvalue weighted by Crippen LogP contribution is -1.93. The van der Waals surface area contributed by atoms with Gasteiger partial charge in [-0.2, -0.15) is 0 Å². The minimum atomic E-state index is 0.983. The molecule has 2 nitrogen and oxygen atoms in total. The molecule has 0 aliphatic carbocycles. The number of pyridine rings is 2. The Kier molecular flexibility index (Phi) is 4.18. The van der Waals surface area contributed by atoms with Gasteiger partial charge in [-0.05, 0) is 68.7 Å². The van der Waals surface area contributed by atoms with Gasteiger partial charge in [0.25, 0.3) is 0 Å². The van der Waals surface area contributed by atoms with E-state index >= 15 is 0 Å². The molecule has 0 fully saturated rings. The number of aromatic nitrogens is 2. The summed E-state index contributed by atoms with van der Waals surface area (Å²) in [5.74, 6) is 0. The Morgan fingerprint density at radius 2 is 0.824 bits per heavy atom. The topological polar surface area (TPSA) is 25.8 Å². The summed E-state index contributed by atoms with van der Waals surface area (Å²) in [6.45, 7) is 0. The molecule has 0 N–H and O–H groups in total. The largest absolute Gasteiger partial charge is 0.256 e. The summed E-state index contributed by atoms with van der Waals surface area (Å²) < 4.78 is 0. The first-order chi connectivity index (χ1) is 16.9. The van der Waals surface area contributed by atoms with E-state index < -0.39 is 0 Å². The molecule has 7 aromatic rings. The smallest absolute Gasteiger partial charge is 0.0714 e. The molecule has 0 unspecified atom stereocenters. The van der Waals surface area contributed by atoms with Crippen molar-refractivity contribution in [1.82, 2.24) is 9.97 Å². The number of benzene rings is 5. The number of rotatable bonds is 2. The average molecular weight is 433 g/mol. The molecule has 0 saturated carbocycles. The number of nitrogens with zero attached hydrogens (tertiary/aromatic N) is 2. The van der Waals surface area contributed by atoms with Crippen molar-refractivity contribution in [2.45, 2.75) is 0 Å². The van der Waals surface area contributed by atoms with E-state index in [0.717, 1.165) is 11.4 Å². The van der Waals surface area contributed by atoms with Crippen LogP contribution < -0.4 is 0 Å². The van der Waals surface area contributed by atoms with Crippen LogP contribution in [0.4, 0.5) is 0 Å². The van der Waals surface area contributed by atoms with Crippen molar-refractivity contribution in [2.24, 2.45) is 0 Å². The third kappa shape index (κ3) is 2.82. The van der Waals surface area contributed by atoms with Crippen LogP contribution in [-0.2, 0) is 0 Å². The summed E-state index contributed by atoms with van der Waals surface area (Å²) in [7, 11) is 0. The van der Waals surface area contributed by atoms with Crippen LogP contribution in [0.15, 0.2) is 122 Å². The Balaban J connectivity index is 1.80. The maximum Gasteiger partial charge on any atom is 0.0714 e. The summed E-state index contributed by atoms with van der Waals surface area (Å²) in [5, 5.41) is 9.72. The van der Waals surface area contributed by atoms with E-state index in [1.54, 1.807) is 0 Å². The van der Waals surface area contributed by atoms with Crippen molar-refractivity contribution in [3.63, 3.8) is 0 Å². The van der Waals surface area contributed by atoms with Gasteiger partial charge in [-0.25, -0.2) is 0 Å². The first-order valence-corrected chi connectivity index (χ1v) is 11.5. The fourth-order valence-corrected chi connectivity index (χ4v) is 5.27. The Bertz CT molecular complexity index is 1700. The zero-order valence-electron chi connectivity index (χ0n) is 18.4. The van der Waals surface area contributed by atoms with Gasteiger partial charge in [0.05, 0.1) is 11.4 Å². The van der Waals surface area contributed by atoms with E-state index in [1.165, 1.54) is 54.2 Å². The van der Waals surface area contributed by atoms with Crippen molar-refractivity contribution >= 4 is 43.1 Å². The molecule has 2 aromatic heterocycles. The maximum atomic E-state index is 4.81. The zero-order valence-corrected chi connectivity index (χ0v) is 18.4. The fourth-order valence-electron chi connectivity index (χ4n) is 5.27. The predicted octanol–water partition coefficient (Wildman–Crippen LogP) is 8.42. The summed E-state index contributed by atoms with van der Waals surface area (Å²) >= 11 is 0. The molecular weight excluding hydrogens is 412 g/mol. The summed E-state index contributed by atoms with van der Waals surface area (Å²) in [5.41, 5.74) is 4.31. The molecule has 2 heterocycles. The van der Waals surface area contributed by atoms with Crippen molar-refractivity contribution in [2.75, 3.05) is 0 Å². The minimum absolute atomic E-state index is 0.983. The van der Waals surface area contributed by atoms with Crippen molar-refractivity contribution < 1.29 is 0 Å². The standard InChI is InChI=1S/C32H20N2/c1-3-11-25-21(9-1)19-23-15-16-24-20-22-10-2-4-12-26(22)32(28-14-6-8-18-34-28)30(24)29(23)31(25)27-13-5-7-17-33-27/h1-20H. The SMILES string of the molecule is c1ccc(-c2c3ccccc3cc3ccc4cc5ccccc5c(-c5ccccn5)c4c23)nc1. The molecule has 0 amide bonds. The van der Waals surface area contributed by atoms with Gasteiger partial charge in [0.2, 0.25) is 0 Å². The van der Waals surface area contributed by atoms with Crippen LogP contribution in [0.1, 0.15) is 0 Å². The van der Waals surface area contributed by atoms with E-state index in [0.29, 0.717) is 0 Å². The first kappa shape index (κ1) is 19.0. The maximum absolute atomic E-state index is 4.81. The lowest BCUT2D eigenvalue weighted by atomic mass is 9.86. The lowest BCUT2D eigenvalue weighted by Gasteiger charge is -2.18. The summed E-state index contributed by atoms with van der Waals surface area (Å²) in [6, 6.07) is 38.6. The molecule has 0 spiro atoms. The third-order valence-corrected chi connectivity index (χ3v) is 6.69. The fraction of sp³-hybridized carbons (Fsp3) is 0. The second kappa shape index (κ2) is 7.50. The Morgan fingerprint density at radius 3 is 1.26 bits per heavy atom. The highest BCUT2D eigenvalue weighted by Gasteiger charge is 2.18. The van der Waals surface area contributed by atoms with Gasteiger partial charge in [-0.15, -0.1) is 0 Å². The molecule has 0 aliphatic heterocycles. The van der Waals surface area contributed by atoms with Crippen molar-refractivity contribution in [3.05, 3.63) is 122 Å².